The molecule has 0 radical (unpaired) electrons. The van der Waals surface area contributed by atoms with E-state index in [0.29, 0.717) is 11.7 Å². The smallest absolute Gasteiger partial charge is 0.0989 e. The van der Waals surface area contributed by atoms with E-state index in [9.17, 15) is 5.11 Å². The van der Waals surface area contributed by atoms with Crippen LogP contribution in [0.4, 0.5) is 0 Å². The summed E-state index contributed by atoms with van der Waals surface area (Å²) in [5.41, 5.74) is 1.13. The van der Waals surface area contributed by atoms with Gasteiger partial charge in [0.1, 0.15) is 0 Å². The minimum absolute atomic E-state index is 0.0422. The van der Waals surface area contributed by atoms with Gasteiger partial charge in [-0.2, -0.15) is 0 Å². The molecule has 0 amide bonds. The summed E-state index contributed by atoms with van der Waals surface area (Å²) >= 11 is 0. The molecule has 0 heterocycles. The summed E-state index contributed by atoms with van der Waals surface area (Å²) in [5.74, 6) is 1.02. The number of rotatable bonds is 1. The maximum atomic E-state index is 9.79. The second-order valence-corrected chi connectivity index (χ2v) is 4.25. The Hall–Kier alpha value is -0.720. The summed E-state index contributed by atoms with van der Waals surface area (Å²) in [7, 11) is 0. The molecular weight excluding hydrogens is 148 g/mol. The highest BCUT2D eigenvalue weighted by molar-refractivity contribution is 5.28. The summed E-state index contributed by atoms with van der Waals surface area (Å²) in [4.78, 5) is 0. The lowest BCUT2D eigenvalue weighted by Gasteiger charge is -2.34. The highest BCUT2D eigenvalue weighted by Gasteiger charge is 2.33. The van der Waals surface area contributed by atoms with Crippen molar-refractivity contribution >= 4 is 0 Å². The van der Waals surface area contributed by atoms with Crippen LogP contribution in [0.2, 0.25) is 0 Å². The van der Waals surface area contributed by atoms with E-state index in [0.717, 1.165) is 6.42 Å². The zero-order valence-electron chi connectivity index (χ0n) is 8.39. The number of aliphatic hydroxyl groups excluding tert-OH is 1. The van der Waals surface area contributed by atoms with Gasteiger partial charge >= 0.3 is 0 Å². The molecule has 1 nitrogen and oxygen atoms in total. The van der Waals surface area contributed by atoms with Gasteiger partial charge in [0.2, 0.25) is 0 Å². The quantitative estimate of drug-likeness (QED) is 0.632. The molecule has 1 aliphatic rings. The van der Waals surface area contributed by atoms with Gasteiger partial charge in [-0.15, -0.1) is 0 Å². The van der Waals surface area contributed by atoms with Gasteiger partial charge in [0.25, 0.3) is 0 Å². The molecule has 1 N–H and O–H groups in total. The van der Waals surface area contributed by atoms with Crippen molar-refractivity contribution < 1.29 is 5.11 Å². The summed E-state index contributed by atoms with van der Waals surface area (Å²) in [6.45, 7) is 8.44. The van der Waals surface area contributed by atoms with E-state index >= 15 is 0 Å². The molecule has 0 bridgehead atoms. The van der Waals surface area contributed by atoms with Gasteiger partial charge in [-0.1, -0.05) is 32.4 Å². The molecule has 68 valence electrons. The van der Waals surface area contributed by atoms with Crippen molar-refractivity contribution in [3.63, 3.8) is 0 Å². The predicted octanol–water partition coefficient (Wildman–Crippen LogP) is 3.44. The maximum Gasteiger partial charge on any atom is 0.0989 e. The van der Waals surface area contributed by atoms with Crippen molar-refractivity contribution in [1.29, 1.82) is 0 Å². The summed E-state index contributed by atoms with van der Waals surface area (Å²) in [5, 5.41) is 9.79. The Morgan fingerprint density at radius 1 is 1.50 bits per heavy atom. The fraction of sp³-hybridized carbons (Fsp3) is 0.636. The second-order valence-electron chi connectivity index (χ2n) is 4.25. The average molecular weight is 166 g/mol. The molecule has 0 aliphatic heterocycles. The number of aliphatic hydroxyl groups is 1. The van der Waals surface area contributed by atoms with Crippen LogP contribution >= 0.6 is 0 Å². The first-order valence-corrected chi connectivity index (χ1v) is 4.54. The molecule has 0 aromatic carbocycles. The van der Waals surface area contributed by atoms with Gasteiger partial charge < -0.3 is 5.11 Å². The van der Waals surface area contributed by atoms with Crippen LogP contribution < -0.4 is 0 Å². The standard InChI is InChI=1S/C11H18O/c1-8(2)11(4)6-5-9(3)7-10(11)12/h5,7-8,12H,6H2,1-4H3. The van der Waals surface area contributed by atoms with E-state index in [-0.39, 0.29) is 5.41 Å². The molecule has 0 spiro atoms. The molecule has 1 aliphatic carbocycles. The Balaban J connectivity index is 2.93. The molecule has 1 heteroatoms. The third-order valence-corrected chi connectivity index (χ3v) is 3.07. The summed E-state index contributed by atoms with van der Waals surface area (Å²) in [6.07, 6.45) is 5.03. The topological polar surface area (TPSA) is 20.2 Å². The minimum atomic E-state index is -0.0422. The lowest BCUT2D eigenvalue weighted by Crippen LogP contribution is -2.27. The number of hydrogen-bond acceptors (Lipinski definition) is 1. The van der Waals surface area contributed by atoms with Crippen molar-refractivity contribution in [2.24, 2.45) is 11.3 Å². The summed E-state index contributed by atoms with van der Waals surface area (Å²) < 4.78 is 0. The molecule has 0 saturated heterocycles. The predicted molar refractivity (Wildman–Crippen MR) is 52.0 cm³/mol. The highest BCUT2D eigenvalue weighted by Crippen LogP contribution is 2.40. The first-order valence-electron chi connectivity index (χ1n) is 4.54. The van der Waals surface area contributed by atoms with Crippen LogP contribution in [0.15, 0.2) is 23.5 Å². The summed E-state index contributed by atoms with van der Waals surface area (Å²) in [6, 6.07) is 0. The monoisotopic (exact) mass is 166 g/mol. The zero-order valence-corrected chi connectivity index (χ0v) is 8.39. The van der Waals surface area contributed by atoms with Gasteiger partial charge in [0, 0.05) is 5.41 Å². The highest BCUT2D eigenvalue weighted by atomic mass is 16.3. The van der Waals surface area contributed by atoms with Crippen molar-refractivity contribution in [1.82, 2.24) is 0 Å². The van der Waals surface area contributed by atoms with Crippen LogP contribution in [0.5, 0.6) is 0 Å². The largest absolute Gasteiger partial charge is 0.512 e. The van der Waals surface area contributed by atoms with Crippen molar-refractivity contribution in [3.05, 3.63) is 23.5 Å². The van der Waals surface area contributed by atoms with Gasteiger partial charge in [-0.25, -0.2) is 0 Å². The maximum absolute atomic E-state index is 9.79. The van der Waals surface area contributed by atoms with Gasteiger partial charge in [0.05, 0.1) is 5.76 Å². The third kappa shape index (κ3) is 1.40. The minimum Gasteiger partial charge on any atom is -0.512 e. The lowest BCUT2D eigenvalue weighted by molar-refractivity contribution is 0.173. The average Bonchev–Trinajstić information content (AvgIpc) is 1.97. The van der Waals surface area contributed by atoms with E-state index in [1.165, 1.54) is 5.57 Å². The van der Waals surface area contributed by atoms with Crippen molar-refractivity contribution in [2.75, 3.05) is 0 Å². The first-order chi connectivity index (χ1) is 5.47. The van der Waals surface area contributed by atoms with Gasteiger partial charge in [-0.05, 0) is 25.3 Å². The Morgan fingerprint density at radius 2 is 2.08 bits per heavy atom. The third-order valence-electron chi connectivity index (χ3n) is 3.07. The molecule has 1 rings (SSSR count). The molecule has 1 atom stereocenters. The zero-order chi connectivity index (χ0) is 9.35. The Morgan fingerprint density at radius 3 is 2.50 bits per heavy atom. The number of allylic oxidation sites excluding steroid dienone is 4. The van der Waals surface area contributed by atoms with E-state index in [4.69, 9.17) is 0 Å². The van der Waals surface area contributed by atoms with E-state index < -0.39 is 0 Å². The molecule has 1 unspecified atom stereocenters. The van der Waals surface area contributed by atoms with Gasteiger partial charge in [0.15, 0.2) is 0 Å². The van der Waals surface area contributed by atoms with Crippen LogP contribution in [-0.2, 0) is 0 Å². The lowest BCUT2D eigenvalue weighted by atomic mass is 9.72. The molecule has 0 saturated carbocycles. The van der Waals surface area contributed by atoms with E-state index in [1.54, 1.807) is 0 Å². The normalized spacial score (nSPS) is 30.1. The van der Waals surface area contributed by atoms with Crippen molar-refractivity contribution in [2.45, 2.75) is 34.1 Å². The van der Waals surface area contributed by atoms with Crippen LogP contribution in [0, 0.1) is 11.3 Å². The van der Waals surface area contributed by atoms with Crippen molar-refractivity contribution in [3.8, 4) is 0 Å². The molecule has 12 heavy (non-hydrogen) atoms. The second kappa shape index (κ2) is 2.96. The molecule has 0 fully saturated rings. The van der Waals surface area contributed by atoms with Crippen LogP contribution in [-0.4, -0.2) is 5.11 Å². The van der Waals surface area contributed by atoms with E-state index in [1.807, 2.05) is 13.0 Å². The number of hydrogen-bond donors (Lipinski definition) is 1. The van der Waals surface area contributed by atoms with Crippen LogP contribution in [0.3, 0.4) is 0 Å². The fourth-order valence-electron chi connectivity index (χ4n) is 1.45. The van der Waals surface area contributed by atoms with Crippen LogP contribution in [0.25, 0.3) is 0 Å². The molecule has 0 aromatic heterocycles. The molecule has 0 aromatic rings. The van der Waals surface area contributed by atoms with Gasteiger partial charge in [-0.3, -0.25) is 0 Å². The molecular formula is C11H18O. The Bertz CT molecular complexity index is 235. The Labute approximate surface area is 74.8 Å². The van der Waals surface area contributed by atoms with Crippen LogP contribution in [0.1, 0.15) is 34.1 Å². The fourth-order valence-corrected chi connectivity index (χ4v) is 1.45. The first kappa shape index (κ1) is 9.37. The van der Waals surface area contributed by atoms with E-state index in [2.05, 4.69) is 26.8 Å². The Kier molecular flexibility index (Phi) is 2.31. The SMILES string of the molecule is CC1=CCC(C)(C(C)C)C(O)=C1.